The van der Waals surface area contributed by atoms with Crippen LogP contribution in [-0.4, -0.2) is 27.9 Å². The van der Waals surface area contributed by atoms with Crippen molar-refractivity contribution < 1.29 is 19.6 Å². The summed E-state index contributed by atoms with van der Waals surface area (Å²) in [5.41, 5.74) is 0.614. The third kappa shape index (κ3) is 4.06. The lowest BCUT2D eigenvalue weighted by Gasteiger charge is -2.18. The number of nitrogens with zero attached hydrogens (tertiary/aromatic N) is 1. The summed E-state index contributed by atoms with van der Waals surface area (Å²) in [7, 11) is 0. The van der Waals surface area contributed by atoms with Crippen molar-refractivity contribution in [3.05, 3.63) is 100 Å². The molecule has 4 aromatic carbocycles. The molecule has 0 aliphatic rings. The smallest absolute Gasteiger partial charge is 0.326 e. The van der Waals surface area contributed by atoms with Gasteiger partial charge in [0.05, 0.1) is 4.92 Å². The zero-order chi connectivity index (χ0) is 22.0. The summed E-state index contributed by atoms with van der Waals surface area (Å²) in [5, 5.41) is 27.1. The lowest BCUT2D eigenvalue weighted by molar-refractivity contribution is -0.384. The number of carboxylic acids is 1. The monoisotopic (exact) mass is 414 g/mol. The summed E-state index contributed by atoms with van der Waals surface area (Å²) in [6.45, 7) is 0. The molecule has 0 aromatic heterocycles. The van der Waals surface area contributed by atoms with Crippen molar-refractivity contribution in [2.45, 2.75) is 12.5 Å². The molecule has 0 heterocycles. The van der Waals surface area contributed by atoms with E-state index in [4.69, 9.17) is 0 Å². The normalized spacial score (nSPS) is 11.9. The number of hydrogen-bond donors (Lipinski definition) is 2. The van der Waals surface area contributed by atoms with E-state index in [2.05, 4.69) is 5.32 Å². The molecule has 0 saturated carbocycles. The first kappa shape index (κ1) is 20.0. The number of rotatable bonds is 6. The number of nitro groups is 1. The van der Waals surface area contributed by atoms with Crippen LogP contribution in [0.3, 0.4) is 0 Å². The number of nitro benzene ring substituents is 1. The van der Waals surface area contributed by atoms with Crippen molar-refractivity contribution in [3.8, 4) is 0 Å². The zero-order valence-corrected chi connectivity index (χ0v) is 16.3. The van der Waals surface area contributed by atoms with Crippen LogP contribution in [0, 0.1) is 10.1 Å². The summed E-state index contributed by atoms with van der Waals surface area (Å²) < 4.78 is 0. The molecule has 7 nitrogen and oxygen atoms in total. The van der Waals surface area contributed by atoms with Gasteiger partial charge in [0.1, 0.15) is 6.04 Å². The third-order valence-electron chi connectivity index (χ3n) is 5.21. The number of amides is 1. The van der Waals surface area contributed by atoms with Gasteiger partial charge in [-0.05, 0) is 39.2 Å². The Morgan fingerprint density at radius 1 is 0.903 bits per heavy atom. The second-order valence-electron chi connectivity index (χ2n) is 7.17. The summed E-state index contributed by atoms with van der Waals surface area (Å²) >= 11 is 0. The van der Waals surface area contributed by atoms with E-state index in [0.717, 1.165) is 33.2 Å². The number of carboxylic acid groups (broad SMARTS) is 1. The molecule has 0 saturated heterocycles. The maximum absolute atomic E-state index is 12.7. The van der Waals surface area contributed by atoms with Gasteiger partial charge >= 0.3 is 5.97 Å². The molecule has 0 fully saturated rings. The summed E-state index contributed by atoms with van der Waals surface area (Å²) in [6.07, 6.45) is 0.0673. The molecule has 4 rings (SSSR count). The molecule has 0 aliphatic carbocycles. The van der Waals surface area contributed by atoms with E-state index in [0.29, 0.717) is 0 Å². The Kier molecular flexibility index (Phi) is 5.32. The second-order valence-corrected chi connectivity index (χ2v) is 7.17. The number of hydrogen-bond acceptors (Lipinski definition) is 4. The molecular weight excluding hydrogens is 396 g/mol. The maximum atomic E-state index is 12.7. The molecule has 0 radical (unpaired) electrons. The van der Waals surface area contributed by atoms with Gasteiger partial charge in [0.25, 0.3) is 11.6 Å². The van der Waals surface area contributed by atoms with Gasteiger partial charge in [0, 0.05) is 24.1 Å². The number of non-ortho nitro benzene ring substituents is 1. The van der Waals surface area contributed by atoms with E-state index in [9.17, 15) is 24.8 Å². The molecule has 154 valence electrons. The molecule has 4 aromatic rings. The van der Waals surface area contributed by atoms with Gasteiger partial charge in [-0.25, -0.2) is 4.79 Å². The fourth-order valence-electron chi connectivity index (χ4n) is 3.73. The minimum Gasteiger partial charge on any atom is -0.480 e. The Balaban J connectivity index is 1.71. The molecule has 0 unspecified atom stereocenters. The molecular formula is C24H18N2O5. The van der Waals surface area contributed by atoms with Crippen molar-refractivity contribution in [2.75, 3.05) is 0 Å². The molecule has 1 atom stereocenters. The highest BCUT2D eigenvalue weighted by molar-refractivity contribution is 6.03. The van der Waals surface area contributed by atoms with Crippen LogP contribution < -0.4 is 5.32 Å². The van der Waals surface area contributed by atoms with Crippen LogP contribution in [0.4, 0.5) is 5.69 Å². The fraction of sp³-hybridized carbons (Fsp3) is 0.0833. The highest BCUT2D eigenvalue weighted by Gasteiger charge is 2.24. The van der Waals surface area contributed by atoms with Gasteiger partial charge in [-0.2, -0.15) is 0 Å². The van der Waals surface area contributed by atoms with Crippen molar-refractivity contribution in [1.82, 2.24) is 5.32 Å². The Morgan fingerprint density at radius 2 is 1.52 bits per heavy atom. The first-order chi connectivity index (χ1) is 14.9. The zero-order valence-electron chi connectivity index (χ0n) is 16.3. The topological polar surface area (TPSA) is 110 Å². The number of fused-ring (bicyclic) bond motifs is 2. The second kappa shape index (κ2) is 8.23. The first-order valence-corrected chi connectivity index (χ1v) is 9.61. The lowest BCUT2D eigenvalue weighted by Crippen LogP contribution is -2.42. The quantitative estimate of drug-likeness (QED) is 0.277. The molecule has 0 aliphatic heterocycles. The van der Waals surface area contributed by atoms with Crippen LogP contribution in [0.2, 0.25) is 0 Å². The number of nitrogens with one attached hydrogen (secondary N) is 1. The largest absolute Gasteiger partial charge is 0.480 e. The third-order valence-corrected chi connectivity index (χ3v) is 5.21. The Bertz CT molecular complexity index is 1280. The first-order valence-electron chi connectivity index (χ1n) is 9.61. The Labute approximate surface area is 177 Å². The molecule has 2 N–H and O–H groups in total. The molecule has 0 bridgehead atoms. The molecule has 31 heavy (non-hydrogen) atoms. The van der Waals surface area contributed by atoms with E-state index in [1.165, 1.54) is 18.2 Å². The number of carbonyl (C=O) groups excluding carboxylic acids is 1. The van der Waals surface area contributed by atoms with Gasteiger partial charge in [0.2, 0.25) is 0 Å². The van der Waals surface area contributed by atoms with Crippen LogP contribution in [0.5, 0.6) is 0 Å². The lowest BCUT2D eigenvalue weighted by atomic mass is 9.92. The average molecular weight is 414 g/mol. The van der Waals surface area contributed by atoms with Gasteiger partial charge < -0.3 is 10.4 Å². The molecule has 0 spiro atoms. The average Bonchev–Trinajstić information content (AvgIpc) is 2.78. The Morgan fingerprint density at radius 3 is 2.10 bits per heavy atom. The van der Waals surface area contributed by atoms with E-state index in [1.54, 1.807) is 0 Å². The predicted octanol–water partition coefficient (Wildman–Crippen LogP) is 4.33. The van der Waals surface area contributed by atoms with Crippen molar-refractivity contribution in [3.63, 3.8) is 0 Å². The standard InChI is InChI=1S/C24H18N2O5/c27-23(17-8-5-9-18(13-17)26(30)31)25-22(24(28)29)14-21-19-10-3-1-6-15(19)12-16-7-2-4-11-20(16)21/h1-13,22H,14H2,(H,25,27)(H,28,29)/t22-/m1/s1. The fourth-order valence-corrected chi connectivity index (χ4v) is 3.73. The van der Waals surface area contributed by atoms with E-state index in [1.807, 2.05) is 54.6 Å². The SMILES string of the molecule is O=C(N[C@H](Cc1c2ccccc2cc2ccccc12)C(=O)O)c1cccc([N+](=O)[O-])c1. The van der Waals surface area contributed by atoms with Gasteiger partial charge in [-0.15, -0.1) is 0 Å². The van der Waals surface area contributed by atoms with Gasteiger partial charge in [-0.1, -0.05) is 54.6 Å². The van der Waals surface area contributed by atoms with Gasteiger partial charge in [0.15, 0.2) is 0 Å². The summed E-state index contributed by atoms with van der Waals surface area (Å²) in [6, 6.07) is 21.4. The molecule has 1 amide bonds. The Hall–Kier alpha value is -4.26. The number of aliphatic carboxylic acids is 1. The van der Waals surface area contributed by atoms with Crippen LogP contribution in [0.15, 0.2) is 78.9 Å². The highest BCUT2D eigenvalue weighted by Crippen LogP contribution is 2.29. The summed E-state index contributed by atoms with van der Waals surface area (Å²) in [4.78, 5) is 35.0. The predicted molar refractivity (Wildman–Crippen MR) is 117 cm³/mol. The maximum Gasteiger partial charge on any atom is 0.326 e. The minimum atomic E-state index is -1.21. The van der Waals surface area contributed by atoms with Crippen molar-refractivity contribution in [1.29, 1.82) is 0 Å². The minimum absolute atomic E-state index is 0.0308. The van der Waals surface area contributed by atoms with E-state index in [-0.39, 0.29) is 17.7 Å². The van der Waals surface area contributed by atoms with Crippen LogP contribution in [0.1, 0.15) is 15.9 Å². The van der Waals surface area contributed by atoms with Crippen LogP contribution >= 0.6 is 0 Å². The van der Waals surface area contributed by atoms with E-state index < -0.39 is 22.8 Å². The number of carbonyl (C=O) groups is 2. The molecule has 7 heteroatoms. The van der Waals surface area contributed by atoms with E-state index >= 15 is 0 Å². The van der Waals surface area contributed by atoms with Crippen molar-refractivity contribution in [2.24, 2.45) is 0 Å². The van der Waals surface area contributed by atoms with Crippen LogP contribution in [0.25, 0.3) is 21.5 Å². The number of benzene rings is 4. The summed E-state index contributed by atoms with van der Waals surface area (Å²) in [5.74, 6) is -1.86. The van der Waals surface area contributed by atoms with Gasteiger partial charge in [-0.3, -0.25) is 14.9 Å². The highest BCUT2D eigenvalue weighted by atomic mass is 16.6. The van der Waals surface area contributed by atoms with Crippen molar-refractivity contribution >= 4 is 39.1 Å². The van der Waals surface area contributed by atoms with Crippen LogP contribution in [-0.2, 0) is 11.2 Å².